The molecule has 0 fully saturated rings. The van der Waals surface area contributed by atoms with Crippen molar-refractivity contribution in [2.75, 3.05) is 5.73 Å². The first-order chi connectivity index (χ1) is 7.22. The Morgan fingerprint density at radius 1 is 1.47 bits per heavy atom. The van der Waals surface area contributed by atoms with Crippen molar-refractivity contribution in [3.8, 4) is 11.5 Å². The Balaban J connectivity index is 2.37. The lowest BCUT2D eigenvalue weighted by atomic mass is 10.2. The molecule has 6 heteroatoms. The highest BCUT2D eigenvalue weighted by atomic mass is 32.1. The van der Waals surface area contributed by atoms with E-state index >= 15 is 0 Å². The van der Waals surface area contributed by atoms with Gasteiger partial charge in [0.25, 0.3) is 5.89 Å². The zero-order valence-corrected chi connectivity index (χ0v) is 9.47. The van der Waals surface area contributed by atoms with Gasteiger partial charge in [-0.2, -0.15) is 9.36 Å². The Bertz CT molecular complexity index is 443. The van der Waals surface area contributed by atoms with E-state index in [1.54, 1.807) is 0 Å². The number of rotatable bonds is 3. The molecule has 80 valence electrons. The summed E-state index contributed by atoms with van der Waals surface area (Å²) in [6, 6.07) is 0. The summed E-state index contributed by atoms with van der Waals surface area (Å²) in [5.74, 6) is 1.19. The fourth-order valence-electron chi connectivity index (χ4n) is 1.33. The number of aryl methyl sites for hydroxylation is 2. The first kappa shape index (κ1) is 10.1. The molecule has 0 atom stereocenters. The molecule has 0 spiro atoms. The van der Waals surface area contributed by atoms with Gasteiger partial charge in [0.1, 0.15) is 5.00 Å². The van der Waals surface area contributed by atoms with Crippen molar-refractivity contribution >= 4 is 16.5 Å². The predicted molar refractivity (Wildman–Crippen MR) is 58.6 cm³/mol. The van der Waals surface area contributed by atoms with Gasteiger partial charge in [0, 0.05) is 6.42 Å². The van der Waals surface area contributed by atoms with E-state index in [2.05, 4.69) is 21.4 Å². The van der Waals surface area contributed by atoms with Crippen LogP contribution in [0, 0.1) is 6.92 Å². The van der Waals surface area contributed by atoms with E-state index in [1.165, 1.54) is 11.5 Å². The van der Waals surface area contributed by atoms with Crippen LogP contribution in [0.25, 0.3) is 11.5 Å². The van der Waals surface area contributed by atoms with E-state index in [4.69, 9.17) is 10.3 Å². The average Bonchev–Trinajstić information content (AvgIpc) is 2.75. The second-order valence-corrected chi connectivity index (χ2v) is 4.08. The molecule has 2 aromatic heterocycles. The van der Waals surface area contributed by atoms with Crippen LogP contribution in [-0.2, 0) is 6.42 Å². The maximum atomic E-state index is 5.78. The predicted octanol–water partition coefficient (Wildman–Crippen LogP) is 2.04. The van der Waals surface area contributed by atoms with Gasteiger partial charge in [0.2, 0.25) is 0 Å². The van der Waals surface area contributed by atoms with Gasteiger partial charge in [-0.25, -0.2) is 0 Å². The summed E-state index contributed by atoms with van der Waals surface area (Å²) in [4.78, 5) is 4.27. The molecule has 2 rings (SSSR count). The quantitative estimate of drug-likeness (QED) is 0.863. The van der Waals surface area contributed by atoms with Gasteiger partial charge in [-0.1, -0.05) is 12.1 Å². The number of anilines is 1. The van der Waals surface area contributed by atoms with Crippen LogP contribution >= 0.6 is 11.5 Å². The van der Waals surface area contributed by atoms with Crippen molar-refractivity contribution in [1.29, 1.82) is 0 Å². The molecule has 0 aliphatic carbocycles. The van der Waals surface area contributed by atoms with E-state index in [-0.39, 0.29) is 0 Å². The van der Waals surface area contributed by atoms with Crippen LogP contribution in [0.5, 0.6) is 0 Å². The molecule has 5 nitrogen and oxygen atoms in total. The highest BCUT2D eigenvalue weighted by Gasteiger charge is 2.16. The van der Waals surface area contributed by atoms with Crippen molar-refractivity contribution in [1.82, 2.24) is 14.5 Å². The van der Waals surface area contributed by atoms with E-state index in [0.29, 0.717) is 10.9 Å². The van der Waals surface area contributed by atoms with E-state index < -0.39 is 0 Å². The third-order valence-electron chi connectivity index (χ3n) is 2.04. The zero-order valence-electron chi connectivity index (χ0n) is 8.65. The minimum atomic E-state index is 0.474. The molecule has 0 aliphatic rings. The van der Waals surface area contributed by atoms with Gasteiger partial charge in [-0.3, -0.25) is 0 Å². The molecule has 0 saturated heterocycles. The average molecular weight is 224 g/mol. The highest BCUT2D eigenvalue weighted by molar-refractivity contribution is 7.10. The van der Waals surface area contributed by atoms with Crippen LogP contribution in [-0.4, -0.2) is 14.5 Å². The normalized spacial score (nSPS) is 10.8. The molecule has 0 radical (unpaired) electrons. The number of hydrogen-bond acceptors (Lipinski definition) is 6. The van der Waals surface area contributed by atoms with Crippen molar-refractivity contribution in [3.05, 3.63) is 11.5 Å². The van der Waals surface area contributed by atoms with Gasteiger partial charge in [0.05, 0.1) is 11.3 Å². The molecule has 0 aromatic carbocycles. The van der Waals surface area contributed by atoms with E-state index in [0.717, 1.165) is 29.9 Å². The molecule has 2 heterocycles. The number of nitrogens with two attached hydrogens (primary N) is 1. The van der Waals surface area contributed by atoms with Crippen molar-refractivity contribution < 1.29 is 4.52 Å². The number of nitrogens with zero attached hydrogens (tertiary/aromatic N) is 3. The number of hydrogen-bond donors (Lipinski definition) is 1. The van der Waals surface area contributed by atoms with Crippen LogP contribution in [0.3, 0.4) is 0 Å². The zero-order chi connectivity index (χ0) is 10.8. The Morgan fingerprint density at radius 3 is 2.87 bits per heavy atom. The highest BCUT2D eigenvalue weighted by Crippen LogP contribution is 2.30. The third-order valence-corrected chi connectivity index (χ3v) is 2.81. The summed E-state index contributed by atoms with van der Waals surface area (Å²) in [7, 11) is 0. The SMILES string of the molecule is CCCc1noc(-c2c(C)nsc2N)n1. The lowest BCUT2D eigenvalue weighted by Gasteiger charge is -1.91. The Morgan fingerprint density at radius 2 is 2.27 bits per heavy atom. The van der Waals surface area contributed by atoms with Gasteiger partial charge in [-0.05, 0) is 24.9 Å². The van der Waals surface area contributed by atoms with Gasteiger partial charge in [0.15, 0.2) is 5.82 Å². The number of aromatic nitrogens is 3. The minimum Gasteiger partial charge on any atom is -0.389 e. The topological polar surface area (TPSA) is 77.8 Å². The maximum absolute atomic E-state index is 5.78. The Labute approximate surface area is 91.5 Å². The lowest BCUT2D eigenvalue weighted by molar-refractivity contribution is 0.422. The minimum absolute atomic E-state index is 0.474. The van der Waals surface area contributed by atoms with Gasteiger partial charge in [-0.15, -0.1) is 0 Å². The van der Waals surface area contributed by atoms with E-state index in [9.17, 15) is 0 Å². The number of nitrogen functional groups attached to an aromatic ring is 1. The fourth-order valence-corrected chi connectivity index (χ4v) is 1.98. The summed E-state index contributed by atoms with van der Waals surface area (Å²) in [5, 5.41) is 4.50. The summed E-state index contributed by atoms with van der Waals surface area (Å²) < 4.78 is 9.29. The molecule has 0 saturated carbocycles. The van der Waals surface area contributed by atoms with Crippen LogP contribution < -0.4 is 5.73 Å². The lowest BCUT2D eigenvalue weighted by Crippen LogP contribution is -1.88. The fraction of sp³-hybridized carbons (Fsp3) is 0.444. The van der Waals surface area contributed by atoms with Crippen molar-refractivity contribution in [2.45, 2.75) is 26.7 Å². The molecular formula is C9H12N4OS. The van der Waals surface area contributed by atoms with Crippen LogP contribution in [0.2, 0.25) is 0 Å². The molecular weight excluding hydrogens is 212 g/mol. The molecule has 0 aliphatic heterocycles. The molecule has 15 heavy (non-hydrogen) atoms. The summed E-state index contributed by atoms with van der Waals surface area (Å²) in [5.41, 5.74) is 7.40. The first-order valence-electron chi connectivity index (χ1n) is 4.77. The standard InChI is InChI=1S/C9H12N4OS/c1-3-4-6-11-9(14-12-6)7-5(2)13-15-8(7)10/h3-4,10H2,1-2H3. The maximum Gasteiger partial charge on any atom is 0.262 e. The second kappa shape index (κ2) is 3.98. The molecule has 0 amide bonds. The first-order valence-corrected chi connectivity index (χ1v) is 5.54. The summed E-state index contributed by atoms with van der Waals surface area (Å²) in [6.45, 7) is 3.95. The smallest absolute Gasteiger partial charge is 0.262 e. The second-order valence-electron chi connectivity index (χ2n) is 3.27. The van der Waals surface area contributed by atoms with Crippen LogP contribution in [0.4, 0.5) is 5.00 Å². The van der Waals surface area contributed by atoms with Crippen molar-refractivity contribution in [3.63, 3.8) is 0 Å². The van der Waals surface area contributed by atoms with Crippen LogP contribution in [0.1, 0.15) is 24.9 Å². The van der Waals surface area contributed by atoms with Gasteiger partial charge < -0.3 is 10.3 Å². The Hall–Kier alpha value is -1.43. The molecule has 0 bridgehead atoms. The Kier molecular flexibility index (Phi) is 2.68. The van der Waals surface area contributed by atoms with Crippen molar-refractivity contribution in [2.24, 2.45) is 0 Å². The summed E-state index contributed by atoms with van der Waals surface area (Å²) >= 11 is 1.25. The molecule has 2 N–H and O–H groups in total. The van der Waals surface area contributed by atoms with Crippen LogP contribution in [0.15, 0.2) is 4.52 Å². The largest absolute Gasteiger partial charge is 0.389 e. The third kappa shape index (κ3) is 1.85. The summed E-state index contributed by atoms with van der Waals surface area (Å²) in [6.07, 6.45) is 1.81. The van der Waals surface area contributed by atoms with E-state index in [1.807, 2.05) is 6.92 Å². The monoisotopic (exact) mass is 224 g/mol. The molecule has 2 aromatic rings. The van der Waals surface area contributed by atoms with Gasteiger partial charge >= 0.3 is 0 Å². The molecule has 0 unspecified atom stereocenters.